The number of ether oxygens (including phenoxy) is 2. The molecule has 2 rings (SSSR count). The standard InChI is InChI=1S/C23H30N2O3/c1-6-8-18-15-19(16-21(27-4)22(18)28-5)23(26)24-14-7-9-17-10-12-20(13-11-17)25(2)3/h6,10-13,15-16H,1,7-9,14H2,2-5H3,(H,24,26). The fraction of sp³-hybridized carbons (Fsp3) is 0.348. The van der Waals surface area contributed by atoms with E-state index in [2.05, 4.69) is 41.1 Å². The van der Waals surface area contributed by atoms with Crippen molar-refractivity contribution in [2.45, 2.75) is 19.3 Å². The molecule has 150 valence electrons. The highest BCUT2D eigenvalue weighted by Gasteiger charge is 2.15. The number of nitrogens with zero attached hydrogens (tertiary/aromatic N) is 1. The summed E-state index contributed by atoms with van der Waals surface area (Å²) >= 11 is 0. The quantitative estimate of drug-likeness (QED) is 0.501. The molecule has 1 N–H and O–H groups in total. The van der Waals surface area contributed by atoms with Crippen LogP contribution in [0.4, 0.5) is 5.69 Å². The number of hydrogen-bond acceptors (Lipinski definition) is 4. The molecule has 0 bridgehead atoms. The summed E-state index contributed by atoms with van der Waals surface area (Å²) in [6.07, 6.45) is 4.17. The van der Waals surface area contributed by atoms with Crippen LogP contribution in [0.15, 0.2) is 49.1 Å². The highest BCUT2D eigenvalue weighted by Crippen LogP contribution is 2.33. The van der Waals surface area contributed by atoms with Crippen LogP contribution in [-0.2, 0) is 12.8 Å². The lowest BCUT2D eigenvalue weighted by atomic mass is 10.0. The van der Waals surface area contributed by atoms with Gasteiger partial charge in [-0.1, -0.05) is 18.2 Å². The highest BCUT2D eigenvalue weighted by atomic mass is 16.5. The van der Waals surface area contributed by atoms with Gasteiger partial charge in [-0.3, -0.25) is 4.79 Å². The van der Waals surface area contributed by atoms with E-state index in [-0.39, 0.29) is 5.91 Å². The van der Waals surface area contributed by atoms with Crippen molar-refractivity contribution in [3.8, 4) is 11.5 Å². The van der Waals surface area contributed by atoms with Gasteiger partial charge in [0, 0.05) is 37.5 Å². The Morgan fingerprint density at radius 3 is 2.43 bits per heavy atom. The summed E-state index contributed by atoms with van der Waals surface area (Å²) in [7, 11) is 7.21. The third-order valence-corrected chi connectivity index (χ3v) is 4.56. The average Bonchev–Trinajstić information content (AvgIpc) is 2.70. The number of benzene rings is 2. The Bertz CT molecular complexity index is 798. The van der Waals surface area contributed by atoms with E-state index in [1.165, 1.54) is 11.3 Å². The molecule has 0 aromatic heterocycles. The summed E-state index contributed by atoms with van der Waals surface area (Å²) < 4.78 is 10.8. The van der Waals surface area contributed by atoms with Crippen LogP contribution < -0.4 is 19.7 Å². The Hall–Kier alpha value is -2.95. The van der Waals surface area contributed by atoms with Crippen LogP contribution in [0.5, 0.6) is 11.5 Å². The fourth-order valence-electron chi connectivity index (χ4n) is 3.04. The minimum absolute atomic E-state index is 0.116. The number of carbonyl (C=O) groups excluding carboxylic acids is 1. The van der Waals surface area contributed by atoms with Gasteiger partial charge in [-0.25, -0.2) is 0 Å². The van der Waals surface area contributed by atoms with Gasteiger partial charge in [0.1, 0.15) is 0 Å². The predicted octanol–water partition coefficient (Wildman–Crippen LogP) is 3.86. The van der Waals surface area contributed by atoms with Crippen LogP contribution in [0.1, 0.15) is 27.9 Å². The molecule has 28 heavy (non-hydrogen) atoms. The molecule has 0 saturated carbocycles. The second kappa shape index (κ2) is 10.4. The zero-order valence-corrected chi connectivity index (χ0v) is 17.2. The Labute approximate surface area is 168 Å². The van der Waals surface area contributed by atoms with Crippen LogP contribution >= 0.6 is 0 Å². The van der Waals surface area contributed by atoms with E-state index in [9.17, 15) is 4.79 Å². The first-order chi connectivity index (χ1) is 13.5. The van der Waals surface area contributed by atoms with Gasteiger partial charge < -0.3 is 19.7 Å². The zero-order chi connectivity index (χ0) is 20.5. The average molecular weight is 383 g/mol. The smallest absolute Gasteiger partial charge is 0.251 e. The van der Waals surface area contributed by atoms with Crippen LogP contribution in [0, 0.1) is 0 Å². The van der Waals surface area contributed by atoms with Gasteiger partial charge in [-0.2, -0.15) is 0 Å². The second-order valence-corrected chi connectivity index (χ2v) is 6.78. The van der Waals surface area contributed by atoms with Crippen LogP contribution in [-0.4, -0.2) is 40.8 Å². The second-order valence-electron chi connectivity index (χ2n) is 6.78. The first-order valence-corrected chi connectivity index (χ1v) is 9.40. The molecule has 0 aliphatic rings. The number of carbonyl (C=O) groups is 1. The van der Waals surface area contributed by atoms with Crippen molar-refractivity contribution in [1.29, 1.82) is 0 Å². The van der Waals surface area contributed by atoms with E-state index in [1.54, 1.807) is 26.4 Å². The van der Waals surface area contributed by atoms with E-state index < -0.39 is 0 Å². The molecule has 0 aliphatic carbocycles. The normalized spacial score (nSPS) is 10.3. The van der Waals surface area contributed by atoms with Gasteiger partial charge in [0.25, 0.3) is 5.91 Å². The molecule has 2 aromatic carbocycles. The van der Waals surface area contributed by atoms with E-state index in [1.807, 2.05) is 20.2 Å². The van der Waals surface area contributed by atoms with Gasteiger partial charge >= 0.3 is 0 Å². The highest BCUT2D eigenvalue weighted by molar-refractivity contribution is 5.95. The minimum atomic E-state index is -0.116. The summed E-state index contributed by atoms with van der Waals surface area (Å²) in [5.74, 6) is 1.07. The lowest BCUT2D eigenvalue weighted by Gasteiger charge is -2.14. The number of hydrogen-bond donors (Lipinski definition) is 1. The topological polar surface area (TPSA) is 50.8 Å². The summed E-state index contributed by atoms with van der Waals surface area (Å²) in [6, 6.07) is 12.0. The number of nitrogens with one attached hydrogen (secondary N) is 1. The van der Waals surface area contributed by atoms with Crippen LogP contribution in [0.25, 0.3) is 0 Å². The fourth-order valence-corrected chi connectivity index (χ4v) is 3.04. The maximum absolute atomic E-state index is 12.6. The molecule has 0 atom stereocenters. The number of rotatable bonds is 10. The van der Waals surface area contributed by atoms with Crippen molar-refractivity contribution in [1.82, 2.24) is 5.32 Å². The molecule has 5 nitrogen and oxygen atoms in total. The molecule has 0 aliphatic heterocycles. The van der Waals surface area contributed by atoms with Gasteiger partial charge in [0.2, 0.25) is 0 Å². The molecule has 0 heterocycles. The molecular formula is C23H30N2O3. The number of allylic oxidation sites excluding steroid dienone is 1. The Kier molecular flexibility index (Phi) is 7.93. The van der Waals surface area contributed by atoms with Gasteiger partial charge in [-0.15, -0.1) is 6.58 Å². The van der Waals surface area contributed by atoms with E-state index in [0.29, 0.717) is 30.0 Å². The summed E-state index contributed by atoms with van der Waals surface area (Å²) in [5, 5.41) is 2.99. The Morgan fingerprint density at radius 1 is 1.14 bits per heavy atom. The molecule has 0 unspecified atom stereocenters. The summed E-state index contributed by atoms with van der Waals surface area (Å²) in [4.78, 5) is 14.6. The molecule has 0 fully saturated rings. The number of amides is 1. The maximum atomic E-state index is 12.6. The SMILES string of the molecule is C=CCc1cc(C(=O)NCCCc2ccc(N(C)C)cc2)cc(OC)c1OC. The number of aryl methyl sites for hydroxylation is 1. The first-order valence-electron chi connectivity index (χ1n) is 9.40. The van der Waals surface area contributed by atoms with E-state index in [0.717, 1.165) is 18.4 Å². The molecule has 1 amide bonds. The lowest BCUT2D eigenvalue weighted by molar-refractivity contribution is 0.0952. The monoisotopic (exact) mass is 382 g/mol. The molecule has 0 radical (unpaired) electrons. The Balaban J connectivity index is 1.95. The zero-order valence-electron chi connectivity index (χ0n) is 17.2. The van der Waals surface area contributed by atoms with Crippen molar-refractivity contribution in [2.75, 3.05) is 39.8 Å². The molecule has 5 heteroatoms. The minimum Gasteiger partial charge on any atom is -0.493 e. The molecule has 0 saturated heterocycles. The van der Waals surface area contributed by atoms with Gasteiger partial charge in [0.05, 0.1) is 14.2 Å². The lowest BCUT2D eigenvalue weighted by Crippen LogP contribution is -2.25. The van der Waals surface area contributed by atoms with Crippen molar-refractivity contribution in [3.05, 3.63) is 65.7 Å². The van der Waals surface area contributed by atoms with Crippen LogP contribution in [0.3, 0.4) is 0 Å². The van der Waals surface area contributed by atoms with E-state index >= 15 is 0 Å². The van der Waals surface area contributed by atoms with Gasteiger partial charge in [-0.05, 0) is 49.1 Å². The van der Waals surface area contributed by atoms with E-state index in [4.69, 9.17) is 9.47 Å². The molecular weight excluding hydrogens is 352 g/mol. The molecule has 2 aromatic rings. The van der Waals surface area contributed by atoms with Crippen LogP contribution in [0.2, 0.25) is 0 Å². The van der Waals surface area contributed by atoms with Crippen molar-refractivity contribution in [3.63, 3.8) is 0 Å². The Morgan fingerprint density at radius 2 is 1.86 bits per heavy atom. The van der Waals surface area contributed by atoms with Crippen molar-refractivity contribution < 1.29 is 14.3 Å². The van der Waals surface area contributed by atoms with Crippen molar-refractivity contribution in [2.24, 2.45) is 0 Å². The summed E-state index contributed by atoms with van der Waals surface area (Å²) in [5.41, 5.74) is 3.88. The van der Waals surface area contributed by atoms with Crippen molar-refractivity contribution >= 4 is 11.6 Å². The predicted molar refractivity (Wildman–Crippen MR) is 115 cm³/mol. The summed E-state index contributed by atoms with van der Waals surface area (Å²) in [6.45, 7) is 4.38. The number of methoxy groups -OCH3 is 2. The van der Waals surface area contributed by atoms with Gasteiger partial charge in [0.15, 0.2) is 11.5 Å². The maximum Gasteiger partial charge on any atom is 0.251 e. The third kappa shape index (κ3) is 5.52. The first kappa shape index (κ1) is 21.4. The molecule has 0 spiro atoms. The number of anilines is 1. The third-order valence-electron chi connectivity index (χ3n) is 4.56. The largest absolute Gasteiger partial charge is 0.493 e.